The molecule has 11 nitrogen and oxygen atoms in total. The summed E-state index contributed by atoms with van der Waals surface area (Å²) >= 11 is 0. The third-order valence-corrected chi connectivity index (χ3v) is 9.83. The number of carbonyl (C=O) groups excluding carboxylic acids is 2. The number of hydrazone groups is 2. The van der Waals surface area contributed by atoms with Gasteiger partial charge in [0.15, 0.2) is 0 Å². The molecule has 2 aliphatic rings. The van der Waals surface area contributed by atoms with Crippen LogP contribution in [-0.4, -0.2) is 69.7 Å². The topological polar surface area (TPSA) is 119 Å². The van der Waals surface area contributed by atoms with Crippen molar-refractivity contribution in [1.82, 2.24) is 20.0 Å². The van der Waals surface area contributed by atoms with Crippen molar-refractivity contribution in [3.8, 4) is 11.5 Å². The summed E-state index contributed by atoms with van der Waals surface area (Å²) in [5.41, 5.74) is 6.32. The summed E-state index contributed by atoms with van der Waals surface area (Å²) < 4.78 is 18.5. The number of hydrogen-bond donors (Lipinski definition) is 0. The van der Waals surface area contributed by atoms with E-state index in [-0.39, 0.29) is 23.9 Å². The quantitative estimate of drug-likeness (QED) is 0.104. The van der Waals surface area contributed by atoms with Crippen LogP contribution in [0, 0.1) is 0 Å². The smallest absolute Gasteiger partial charge is 0.274 e. The van der Waals surface area contributed by atoms with Crippen LogP contribution in [0.5, 0.6) is 11.5 Å². The third-order valence-electron chi connectivity index (χ3n) is 9.83. The Labute approximate surface area is 330 Å². The highest BCUT2D eigenvalue weighted by Gasteiger charge is 2.36. The van der Waals surface area contributed by atoms with Crippen LogP contribution in [0.4, 0.5) is 0 Å². The lowest BCUT2D eigenvalue weighted by molar-refractivity contribution is 0.0688. The van der Waals surface area contributed by atoms with Crippen molar-refractivity contribution in [3.63, 3.8) is 0 Å². The molecule has 57 heavy (non-hydrogen) atoms. The molecule has 0 aliphatic carbocycles. The number of carbonyl (C=O) groups is 2. The Morgan fingerprint density at radius 2 is 0.877 bits per heavy atom. The van der Waals surface area contributed by atoms with Gasteiger partial charge >= 0.3 is 0 Å². The Hall–Kier alpha value is -6.98. The third kappa shape index (κ3) is 8.48. The molecule has 2 aliphatic heterocycles. The van der Waals surface area contributed by atoms with Crippen molar-refractivity contribution in [1.29, 1.82) is 0 Å². The SMILES string of the molecule is O=C(c1ccncc1)N1N=C(c2ccccc2)CC1c1ccccc1OCCOCCOc1ccccc1C1CC(c2ccccc2)=NN1C(=O)c1ccncc1. The lowest BCUT2D eigenvalue weighted by atomic mass is 9.97. The van der Waals surface area contributed by atoms with Gasteiger partial charge < -0.3 is 14.2 Å². The summed E-state index contributed by atoms with van der Waals surface area (Å²) in [5, 5.41) is 12.8. The molecule has 2 aromatic heterocycles. The number of para-hydroxylation sites is 2. The van der Waals surface area contributed by atoms with Crippen LogP contribution >= 0.6 is 0 Å². The molecule has 2 unspecified atom stereocenters. The molecule has 0 N–H and O–H groups in total. The van der Waals surface area contributed by atoms with E-state index in [1.54, 1.807) is 59.1 Å². The minimum atomic E-state index is -0.364. The minimum absolute atomic E-state index is 0.210. The normalized spacial score (nSPS) is 16.2. The van der Waals surface area contributed by atoms with Crippen LogP contribution in [0.3, 0.4) is 0 Å². The van der Waals surface area contributed by atoms with Crippen molar-refractivity contribution in [3.05, 3.63) is 192 Å². The molecule has 4 aromatic carbocycles. The standard InChI is InChI=1S/C46H40N6O5/c53-45(35-19-23-47-24-20-35)51-41(31-39(49-51)33-11-3-1-4-12-33)37-15-7-9-17-43(37)56-29-27-55-28-30-57-44-18-10-8-16-38(44)42-32-40(34-13-5-2-6-14-34)50-52(42)46(54)36-21-25-48-26-22-36/h1-26,41-42H,27-32H2. The fraction of sp³-hybridized carbons (Fsp3) is 0.174. The molecule has 0 radical (unpaired) electrons. The molecule has 0 spiro atoms. The van der Waals surface area contributed by atoms with Crippen molar-refractivity contribution >= 4 is 23.2 Å². The molecular weight excluding hydrogens is 717 g/mol. The Balaban J connectivity index is 0.893. The lowest BCUT2D eigenvalue weighted by Crippen LogP contribution is -2.27. The van der Waals surface area contributed by atoms with E-state index in [1.165, 1.54) is 0 Å². The fourth-order valence-electron chi connectivity index (χ4n) is 7.04. The number of hydrogen-bond acceptors (Lipinski definition) is 9. The maximum atomic E-state index is 13.7. The number of rotatable bonds is 14. The zero-order valence-corrected chi connectivity index (χ0v) is 31.1. The zero-order valence-electron chi connectivity index (χ0n) is 31.1. The molecule has 0 saturated carbocycles. The number of pyridine rings is 2. The molecule has 0 fully saturated rings. The number of aromatic nitrogens is 2. The Bertz CT molecular complexity index is 2190. The van der Waals surface area contributed by atoms with Gasteiger partial charge in [0.2, 0.25) is 0 Å². The number of benzene rings is 4. The van der Waals surface area contributed by atoms with E-state index in [1.807, 2.05) is 109 Å². The number of amides is 2. The summed E-state index contributed by atoms with van der Waals surface area (Å²) in [7, 11) is 0. The zero-order chi connectivity index (χ0) is 38.8. The summed E-state index contributed by atoms with van der Waals surface area (Å²) in [5.74, 6) is 0.900. The first kappa shape index (κ1) is 37.0. The van der Waals surface area contributed by atoms with Crippen molar-refractivity contribution in [2.75, 3.05) is 26.4 Å². The lowest BCUT2D eigenvalue weighted by Gasteiger charge is -2.24. The maximum absolute atomic E-state index is 13.7. The summed E-state index contributed by atoms with van der Waals surface area (Å²) in [6.45, 7) is 1.22. The largest absolute Gasteiger partial charge is 0.491 e. The second kappa shape index (κ2) is 17.7. The van der Waals surface area contributed by atoms with Crippen LogP contribution in [0.1, 0.15) is 67.9 Å². The average molecular weight is 757 g/mol. The molecule has 0 saturated heterocycles. The van der Waals surface area contributed by atoms with Crippen LogP contribution < -0.4 is 9.47 Å². The Kier molecular flexibility index (Phi) is 11.4. The van der Waals surface area contributed by atoms with E-state index in [2.05, 4.69) is 9.97 Å². The van der Waals surface area contributed by atoms with Gasteiger partial charge in [-0.2, -0.15) is 10.2 Å². The molecule has 6 aromatic rings. The summed E-state index contributed by atoms with van der Waals surface area (Å²) in [6, 6.07) is 41.3. The molecular formula is C46H40N6O5. The molecule has 284 valence electrons. The molecule has 2 atom stereocenters. The monoisotopic (exact) mass is 756 g/mol. The van der Waals surface area contributed by atoms with Gasteiger partial charge in [0.25, 0.3) is 11.8 Å². The van der Waals surface area contributed by atoms with Crippen molar-refractivity contribution < 1.29 is 23.8 Å². The van der Waals surface area contributed by atoms with Crippen LogP contribution in [0.2, 0.25) is 0 Å². The Morgan fingerprint density at radius 1 is 0.491 bits per heavy atom. The van der Waals surface area contributed by atoms with Crippen molar-refractivity contribution in [2.45, 2.75) is 24.9 Å². The average Bonchev–Trinajstić information content (AvgIpc) is 3.93. The van der Waals surface area contributed by atoms with Gasteiger partial charge in [0.1, 0.15) is 24.7 Å². The molecule has 4 heterocycles. The first-order valence-electron chi connectivity index (χ1n) is 18.9. The van der Waals surface area contributed by atoms with Gasteiger partial charge in [-0.05, 0) is 47.5 Å². The predicted octanol–water partition coefficient (Wildman–Crippen LogP) is 7.93. The predicted molar refractivity (Wildman–Crippen MR) is 216 cm³/mol. The minimum Gasteiger partial charge on any atom is -0.491 e. The number of ether oxygens (including phenoxy) is 3. The van der Waals surface area contributed by atoms with E-state index >= 15 is 0 Å². The van der Waals surface area contributed by atoms with Gasteiger partial charge in [-0.25, -0.2) is 10.0 Å². The first-order chi connectivity index (χ1) is 28.1. The molecule has 2 amide bonds. The van der Waals surface area contributed by atoms with Gasteiger partial charge in [0, 0.05) is 59.9 Å². The highest BCUT2D eigenvalue weighted by atomic mass is 16.5. The van der Waals surface area contributed by atoms with E-state index in [0.717, 1.165) is 33.7 Å². The second-order valence-corrected chi connectivity index (χ2v) is 13.4. The van der Waals surface area contributed by atoms with E-state index < -0.39 is 0 Å². The van der Waals surface area contributed by atoms with E-state index in [4.69, 9.17) is 24.4 Å². The first-order valence-corrected chi connectivity index (χ1v) is 18.9. The highest BCUT2D eigenvalue weighted by Crippen LogP contribution is 2.40. The maximum Gasteiger partial charge on any atom is 0.274 e. The van der Waals surface area contributed by atoms with Gasteiger partial charge in [0.05, 0.1) is 36.7 Å². The van der Waals surface area contributed by atoms with E-state index in [9.17, 15) is 9.59 Å². The fourth-order valence-corrected chi connectivity index (χ4v) is 7.04. The summed E-state index contributed by atoms with van der Waals surface area (Å²) in [4.78, 5) is 35.6. The summed E-state index contributed by atoms with van der Waals surface area (Å²) in [6.07, 6.45) is 7.49. The molecule has 11 heteroatoms. The van der Waals surface area contributed by atoms with Crippen LogP contribution in [-0.2, 0) is 4.74 Å². The van der Waals surface area contributed by atoms with E-state index in [0.29, 0.717) is 61.9 Å². The number of nitrogens with zero attached hydrogens (tertiary/aromatic N) is 6. The second-order valence-electron chi connectivity index (χ2n) is 13.4. The van der Waals surface area contributed by atoms with Gasteiger partial charge in [-0.1, -0.05) is 97.1 Å². The van der Waals surface area contributed by atoms with Gasteiger partial charge in [-0.15, -0.1) is 0 Å². The molecule has 8 rings (SSSR count). The van der Waals surface area contributed by atoms with Crippen LogP contribution in [0.25, 0.3) is 0 Å². The van der Waals surface area contributed by atoms with Crippen molar-refractivity contribution in [2.24, 2.45) is 10.2 Å². The van der Waals surface area contributed by atoms with Gasteiger partial charge in [-0.3, -0.25) is 19.6 Å². The Morgan fingerprint density at radius 3 is 1.30 bits per heavy atom. The molecule has 0 bridgehead atoms. The van der Waals surface area contributed by atoms with Crippen LogP contribution in [0.15, 0.2) is 168 Å². The highest BCUT2D eigenvalue weighted by molar-refractivity contribution is 6.06.